The van der Waals surface area contributed by atoms with Gasteiger partial charge in [-0.1, -0.05) is 26.1 Å². The molecule has 5 heteroatoms. The molecule has 76 valence electrons. The minimum atomic E-state index is -0.252. The largest absolute Gasteiger partial charge is 0.392 e. The first-order chi connectivity index (χ1) is 5.99. The van der Waals surface area contributed by atoms with Crippen molar-refractivity contribution in [3.05, 3.63) is 0 Å². The fourth-order valence-corrected chi connectivity index (χ4v) is 1.24. The number of methoxy groups -OCH3 is 1. The summed E-state index contributed by atoms with van der Waals surface area (Å²) in [6, 6.07) is -0.252. The van der Waals surface area contributed by atoms with Gasteiger partial charge in [-0.05, 0) is 5.92 Å². The Morgan fingerprint density at radius 2 is 2.15 bits per heavy atom. The van der Waals surface area contributed by atoms with Gasteiger partial charge in [-0.2, -0.15) is 0 Å². The molecule has 0 aliphatic heterocycles. The first-order valence-corrected chi connectivity index (χ1v) is 4.47. The van der Waals surface area contributed by atoms with Gasteiger partial charge in [0.2, 0.25) is 5.91 Å². The van der Waals surface area contributed by atoms with Crippen LogP contribution in [0.5, 0.6) is 0 Å². The van der Waals surface area contributed by atoms with Crippen molar-refractivity contribution in [1.29, 1.82) is 0 Å². The predicted octanol–water partition coefficient (Wildman–Crippen LogP) is 0.0597. The molecule has 0 fully saturated rings. The van der Waals surface area contributed by atoms with Gasteiger partial charge in [0.15, 0.2) is 0 Å². The summed E-state index contributed by atoms with van der Waals surface area (Å²) in [5.41, 5.74) is 5.46. The summed E-state index contributed by atoms with van der Waals surface area (Å²) >= 11 is 4.82. The predicted molar refractivity (Wildman–Crippen MR) is 55.4 cm³/mol. The molecule has 0 spiro atoms. The summed E-state index contributed by atoms with van der Waals surface area (Å²) in [6.45, 7) is 3.92. The molecule has 13 heavy (non-hydrogen) atoms. The van der Waals surface area contributed by atoms with Crippen LogP contribution < -0.4 is 11.1 Å². The van der Waals surface area contributed by atoms with E-state index in [1.54, 1.807) is 0 Å². The van der Waals surface area contributed by atoms with Crippen molar-refractivity contribution < 1.29 is 9.53 Å². The lowest BCUT2D eigenvalue weighted by Crippen LogP contribution is -2.47. The number of ether oxygens (including phenoxy) is 1. The van der Waals surface area contributed by atoms with Crippen LogP contribution in [0.15, 0.2) is 0 Å². The van der Waals surface area contributed by atoms with Crippen LogP contribution in [0.4, 0.5) is 0 Å². The molecule has 4 nitrogen and oxygen atoms in total. The molecule has 0 bridgehead atoms. The highest BCUT2D eigenvalue weighted by molar-refractivity contribution is 7.80. The van der Waals surface area contributed by atoms with E-state index in [2.05, 4.69) is 10.1 Å². The second-order valence-electron chi connectivity index (χ2n) is 3.12. The third kappa shape index (κ3) is 4.80. The van der Waals surface area contributed by atoms with Crippen LogP contribution in [-0.2, 0) is 9.53 Å². The van der Waals surface area contributed by atoms with E-state index in [9.17, 15) is 4.79 Å². The van der Waals surface area contributed by atoms with E-state index in [1.807, 2.05) is 13.8 Å². The first kappa shape index (κ1) is 12.3. The minimum Gasteiger partial charge on any atom is -0.392 e. The van der Waals surface area contributed by atoms with Gasteiger partial charge in [-0.25, -0.2) is 0 Å². The molecule has 3 N–H and O–H groups in total. The Labute approximate surface area is 83.8 Å². The monoisotopic (exact) mass is 204 g/mol. The van der Waals surface area contributed by atoms with E-state index in [1.165, 1.54) is 7.11 Å². The zero-order valence-corrected chi connectivity index (χ0v) is 8.98. The second-order valence-corrected chi connectivity index (χ2v) is 3.60. The normalized spacial score (nSPS) is 12.6. The zero-order valence-electron chi connectivity index (χ0n) is 8.16. The van der Waals surface area contributed by atoms with E-state index >= 15 is 0 Å². The number of carbonyl (C=O) groups is 1. The van der Waals surface area contributed by atoms with Crippen LogP contribution >= 0.6 is 12.2 Å². The van der Waals surface area contributed by atoms with Gasteiger partial charge in [-0.3, -0.25) is 4.79 Å². The lowest BCUT2D eigenvalue weighted by Gasteiger charge is -2.20. The van der Waals surface area contributed by atoms with Crippen LogP contribution in [0.1, 0.15) is 13.8 Å². The molecule has 0 heterocycles. The molecule has 1 amide bonds. The number of hydrogen-bond donors (Lipinski definition) is 2. The number of hydrogen-bond acceptors (Lipinski definition) is 3. The summed E-state index contributed by atoms with van der Waals surface area (Å²) in [7, 11) is 1.46. The maximum absolute atomic E-state index is 11.1. The van der Waals surface area contributed by atoms with E-state index in [0.717, 1.165) is 0 Å². The number of nitrogens with one attached hydrogen (secondary N) is 1. The highest BCUT2D eigenvalue weighted by atomic mass is 32.1. The van der Waals surface area contributed by atoms with Crippen LogP contribution in [0.3, 0.4) is 0 Å². The van der Waals surface area contributed by atoms with E-state index < -0.39 is 0 Å². The number of rotatable bonds is 5. The maximum Gasteiger partial charge on any atom is 0.246 e. The summed E-state index contributed by atoms with van der Waals surface area (Å²) in [6.07, 6.45) is 0. The quantitative estimate of drug-likeness (QED) is 0.622. The SMILES string of the molecule is COCC(=O)NC(C(N)=S)C(C)C. The van der Waals surface area contributed by atoms with Gasteiger partial charge in [0.1, 0.15) is 6.61 Å². The van der Waals surface area contributed by atoms with Crippen molar-refractivity contribution in [2.75, 3.05) is 13.7 Å². The third-order valence-corrected chi connectivity index (χ3v) is 1.82. The number of carbonyl (C=O) groups excluding carboxylic acids is 1. The van der Waals surface area contributed by atoms with Crippen LogP contribution in [0.25, 0.3) is 0 Å². The van der Waals surface area contributed by atoms with Crippen LogP contribution in [-0.4, -0.2) is 30.7 Å². The Morgan fingerprint density at radius 3 is 2.46 bits per heavy atom. The fraction of sp³-hybridized carbons (Fsp3) is 0.750. The van der Waals surface area contributed by atoms with Gasteiger partial charge in [0.25, 0.3) is 0 Å². The number of nitrogens with two attached hydrogens (primary N) is 1. The van der Waals surface area contributed by atoms with Crippen molar-refractivity contribution in [3.63, 3.8) is 0 Å². The molecule has 1 atom stereocenters. The topological polar surface area (TPSA) is 64.3 Å². The van der Waals surface area contributed by atoms with Gasteiger partial charge < -0.3 is 15.8 Å². The summed E-state index contributed by atoms with van der Waals surface area (Å²) in [4.78, 5) is 11.4. The smallest absolute Gasteiger partial charge is 0.246 e. The second kappa shape index (κ2) is 5.88. The van der Waals surface area contributed by atoms with Crippen molar-refractivity contribution in [2.45, 2.75) is 19.9 Å². The van der Waals surface area contributed by atoms with Gasteiger partial charge in [-0.15, -0.1) is 0 Å². The Bertz CT molecular complexity index is 195. The Morgan fingerprint density at radius 1 is 1.62 bits per heavy atom. The molecule has 1 unspecified atom stereocenters. The summed E-state index contributed by atoms with van der Waals surface area (Å²) < 4.78 is 4.67. The van der Waals surface area contributed by atoms with Gasteiger partial charge >= 0.3 is 0 Å². The van der Waals surface area contributed by atoms with Crippen LogP contribution in [0.2, 0.25) is 0 Å². The third-order valence-electron chi connectivity index (χ3n) is 1.57. The molecule has 0 saturated carbocycles. The molecule has 0 aromatic heterocycles. The van der Waals surface area contributed by atoms with Crippen molar-refractivity contribution in [1.82, 2.24) is 5.32 Å². The van der Waals surface area contributed by atoms with Crippen molar-refractivity contribution in [3.8, 4) is 0 Å². The number of thiocarbonyl (C=S) groups is 1. The summed E-state index contributed by atoms with van der Waals surface area (Å²) in [5.74, 6) is -0.00712. The summed E-state index contributed by atoms with van der Waals surface area (Å²) in [5, 5.41) is 2.69. The molecular formula is C8H16N2O2S. The lowest BCUT2D eigenvalue weighted by molar-refractivity contribution is -0.125. The molecule has 0 radical (unpaired) electrons. The molecule has 0 aromatic carbocycles. The van der Waals surface area contributed by atoms with E-state index in [4.69, 9.17) is 18.0 Å². The fourth-order valence-electron chi connectivity index (χ4n) is 0.913. The average Bonchev–Trinajstić information content (AvgIpc) is 1.99. The van der Waals surface area contributed by atoms with Gasteiger partial charge in [0.05, 0.1) is 11.0 Å². The Balaban J connectivity index is 4.10. The Hall–Kier alpha value is -0.680. The van der Waals surface area contributed by atoms with Gasteiger partial charge in [0, 0.05) is 7.11 Å². The average molecular weight is 204 g/mol. The number of amides is 1. The molecule has 0 aliphatic rings. The van der Waals surface area contributed by atoms with Crippen LogP contribution in [0, 0.1) is 5.92 Å². The van der Waals surface area contributed by atoms with E-state index in [0.29, 0.717) is 4.99 Å². The minimum absolute atomic E-state index is 0.0336. The molecule has 0 aliphatic carbocycles. The highest BCUT2D eigenvalue weighted by Gasteiger charge is 2.18. The first-order valence-electron chi connectivity index (χ1n) is 4.06. The van der Waals surface area contributed by atoms with Crippen molar-refractivity contribution in [2.24, 2.45) is 11.7 Å². The highest BCUT2D eigenvalue weighted by Crippen LogP contribution is 2.01. The van der Waals surface area contributed by atoms with Crippen molar-refractivity contribution >= 4 is 23.1 Å². The molecule has 0 rings (SSSR count). The molecule has 0 saturated heterocycles. The maximum atomic E-state index is 11.1. The molecule has 0 aromatic rings. The standard InChI is InChI=1S/C8H16N2O2S/c1-5(2)7(8(9)13)10-6(11)4-12-3/h5,7H,4H2,1-3H3,(H2,9,13)(H,10,11). The van der Waals surface area contributed by atoms with E-state index in [-0.39, 0.29) is 24.5 Å². The molecular weight excluding hydrogens is 188 g/mol. The Kier molecular flexibility index (Phi) is 5.57. The lowest BCUT2D eigenvalue weighted by atomic mass is 10.0. The zero-order chi connectivity index (χ0) is 10.4.